The van der Waals surface area contributed by atoms with Crippen LogP contribution in [0.5, 0.6) is 0 Å². The molecule has 3 aromatic rings. The van der Waals surface area contributed by atoms with Gasteiger partial charge in [0.1, 0.15) is 10.9 Å². The first-order chi connectivity index (χ1) is 11.1. The third-order valence-electron chi connectivity index (χ3n) is 3.16. The molecule has 4 nitrogen and oxygen atoms in total. The standard InChI is InChI=1S/C15H12Cl2N4S2/c1-22-14-11(13-18-5-6-19-13)12(20-15(21-14)23-2)8-3-4-9(16)10(17)7-8/h3-7H,1-2H3,(H,18,19). The molecule has 0 saturated heterocycles. The summed E-state index contributed by atoms with van der Waals surface area (Å²) in [6.45, 7) is 0. The van der Waals surface area contributed by atoms with Gasteiger partial charge in [-0.1, -0.05) is 41.0 Å². The van der Waals surface area contributed by atoms with Crippen molar-refractivity contribution in [2.24, 2.45) is 0 Å². The Bertz CT molecular complexity index is 838. The van der Waals surface area contributed by atoms with Gasteiger partial charge in [-0.3, -0.25) is 0 Å². The maximum atomic E-state index is 6.18. The molecule has 23 heavy (non-hydrogen) atoms. The summed E-state index contributed by atoms with van der Waals surface area (Å²) in [6, 6.07) is 5.48. The number of aromatic amines is 1. The van der Waals surface area contributed by atoms with Crippen molar-refractivity contribution in [1.82, 2.24) is 19.9 Å². The first kappa shape index (κ1) is 16.6. The third-order valence-corrected chi connectivity index (χ3v) is 5.13. The van der Waals surface area contributed by atoms with Gasteiger partial charge in [0.2, 0.25) is 0 Å². The highest BCUT2D eigenvalue weighted by molar-refractivity contribution is 7.99. The molecule has 0 aliphatic heterocycles. The number of H-pyrrole nitrogens is 1. The molecule has 0 bridgehead atoms. The molecule has 0 aliphatic rings. The lowest BCUT2D eigenvalue weighted by atomic mass is 10.1. The highest BCUT2D eigenvalue weighted by Crippen LogP contribution is 2.38. The van der Waals surface area contributed by atoms with E-state index in [-0.39, 0.29) is 0 Å². The lowest BCUT2D eigenvalue weighted by Crippen LogP contribution is -1.99. The molecule has 0 fully saturated rings. The van der Waals surface area contributed by atoms with E-state index < -0.39 is 0 Å². The van der Waals surface area contributed by atoms with E-state index in [9.17, 15) is 0 Å². The van der Waals surface area contributed by atoms with Crippen LogP contribution in [0.4, 0.5) is 0 Å². The van der Waals surface area contributed by atoms with Crippen LogP contribution in [0.2, 0.25) is 10.0 Å². The number of halogens is 2. The predicted molar refractivity (Wildman–Crippen MR) is 98.6 cm³/mol. The smallest absolute Gasteiger partial charge is 0.188 e. The van der Waals surface area contributed by atoms with Gasteiger partial charge in [-0.2, -0.15) is 0 Å². The van der Waals surface area contributed by atoms with Gasteiger partial charge >= 0.3 is 0 Å². The maximum absolute atomic E-state index is 6.18. The van der Waals surface area contributed by atoms with E-state index in [1.807, 2.05) is 24.6 Å². The van der Waals surface area contributed by atoms with Crippen molar-refractivity contribution in [3.63, 3.8) is 0 Å². The predicted octanol–water partition coefficient (Wildman–Crippen LogP) is 5.28. The highest BCUT2D eigenvalue weighted by Gasteiger charge is 2.19. The number of imidazole rings is 1. The first-order valence-corrected chi connectivity index (χ1v) is 9.79. The zero-order valence-corrected chi connectivity index (χ0v) is 15.4. The second-order valence-electron chi connectivity index (χ2n) is 4.51. The molecule has 0 spiro atoms. The quantitative estimate of drug-likeness (QED) is 0.377. The summed E-state index contributed by atoms with van der Waals surface area (Å²) in [7, 11) is 0. The van der Waals surface area contributed by atoms with Crippen LogP contribution in [-0.4, -0.2) is 32.4 Å². The molecule has 3 rings (SSSR count). The fourth-order valence-corrected chi connectivity index (χ4v) is 3.42. The van der Waals surface area contributed by atoms with Crippen LogP contribution >= 0.6 is 46.7 Å². The summed E-state index contributed by atoms with van der Waals surface area (Å²) >= 11 is 15.3. The number of aromatic nitrogens is 4. The molecule has 0 atom stereocenters. The van der Waals surface area contributed by atoms with E-state index >= 15 is 0 Å². The van der Waals surface area contributed by atoms with Gasteiger partial charge < -0.3 is 4.98 Å². The molecule has 0 aliphatic carbocycles. The van der Waals surface area contributed by atoms with Crippen LogP contribution in [0, 0.1) is 0 Å². The minimum absolute atomic E-state index is 0.490. The lowest BCUT2D eigenvalue weighted by Gasteiger charge is -2.12. The lowest BCUT2D eigenvalue weighted by molar-refractivity contribution is 0.900. The number of nitrogens with zero attached hydrogens (tertiary/aromatic N) is 3. The minimum atomic E-state index is 0.490. The SMILES string of the molecule is CSc1nc(SC)c(-c2ncc[nH]2)c(-c2ccc(Cl)c(Cl)c2)n1. The number of nitrogens with one attached hydrogen (secondary N) is 1. The number of hydrogen-bond donors (Lipinski definition) is 1. The maximum Gasteiger partial charge on any atom is 0.188 e. The van der Waals surface area contributed by atoms with Crippen molar-refractivity contribution in [1.29, 1.82) is 0 Å². The molecule has 0 saturated carbocycles. The van der Waals surface area contributed by atoms with E-state index in [1.165, 1.54) is 11.8 Å². The van der Waals surface area contributed by atoms with Crippen molar-refractivity contribution >= 4 is 46.7 Å². The van der Waals surface area contributed by atoms with Gasteiger partial charge in [0, 0.05) is 18.0 Å². The fraction of sp³-hybridized carbons (Fsp3) is 0.133. The van der Waals surface area contributed by atoms with Crippen LogP contribution in [-0.2, 0) is 0 Å². The van der Waals surface area contributed by atoms with Crippen LogP contribution < -0.4 is 0 Å². The van der Waals surface area contributed by atoms with Crippen molar-refractivity contribution in [2.45, 2.75) is 10.2 Å². The van der Waals surface area contributed by atoms with Crippen molar-refractivity contribution < 1.29 is 0 Å². The molecule has 8 heteroatoms. The molecule has 0 radical (unpaired) electrons. The van der Waals surface area contributed by atoms with Crippen LogP contribution in [0.3, 0.4) is 0 Å². The summed E-state index contributed by atoms with van der Waals surface area (Å²) in [5.74, 6) is 0.725. The van der Waals surface area contributed by atoms with E-state index in [0.29, 0.717) is 15.2 Å². The van der Waals surface area contributed by atoms with Gasteiger partial charge in [0.25, 0.3) is 0 Å². The first-order valence-electron chi connectivity index (χ1n) is 6.59. The number of thioether (sulfide) groups is 2. The van der Waals surface area contributed by atoms with E-state index in [1.54, 1.807) is 30.2 Å². The number of rotatable bonds is 4. The molecule has 118 valence electrons. The second-order valence-corrected chi connectivity index (χ2v) is 6.89. The second kappa shape index (κ2) is 7.13. The van der Waals surface area contributed by atoms with E-state index in [0.717, 1.165) is 27.7 Å². The summed E-state index contributed by atoms with van der Waals surface area (Å²) < 4.78 is 0. The summed E-state index contributed by atoms with van der Waals surface area (Å²) in [5.41, 5.74) is 2.51. The van der Waals surface area contributed by atoms with Gasteiger partial charge in [0.05, 0.1) is 21.3 Å². The summed E-state index contributed by atoms with van der Waals surface area (Å²) in [6.07, 6.45) is 7.42. The Morgan fingerprint density at radius 2 is 1.87 bits per heavy atom. The summed E-state index contributed by atoms with van der Waals surface area (Å²) in [5, 5.41) is 2.56. The Balaban J connectivity index is 2.30. The van der Waals surface area contributed by atoms with Crippen molar-refractivity contribution in [2.75, 3.05) is 12.5 Å². The largest absolute Gasteiger partial charge is 0.344 e. The Morgan fingerprint density at radius 3 is 2.48 bits per heavy atom. The Morgan fingerprint density at radius 1 is 1.04 bits per heavy atom. The Hall–Kier alpha value is -1.21. The van der Waals surface area contributed by atoms with Crippen molar-refractivity contribution in [3.05, 3.63) is 40.6 Å². The normalized spacial score (nSPS) is 11.0. The zero-order valence-electron chi connectivity index (χ0n) is 12.3. The Kier molecular flexibility index (Phi) is 5.16. The highest BCUT2D eigenvalue weighted by atomic mass is 35.5. The average molecular weight is 383 g/mol. The molecular formula is C15H12Cl2N4S2. The molecule has 1 aromatic carbocycles. The van der Waals surface area contributed by atoms with Crippen LogP contribution in [0.15, 0.2) is 40.8 Å². The van der Waals surface area contributed by atoms with Crippen LogP contribution in [0.25, 0.3) is 22.6 Å². The molecule has 0 unspecified atom stereocenters. The van der Waals surface area contributed by atoms with E-state index in [2.05, 4.69) is 19.9 Å². The van der Waals surface area contributed by atoms with Crippen molar-refractivity contribution in [3.8, 4) is 22.6 Å². The van der Waals surface area contributed by atoms with E-state index in [4.69, 9.17) is 23.2 Å². The third kappa shape index (κ3) is 3.35. The van der Waals surface area contributed by atoms with Crippen LogP contribution in [0.1, 0.15) is 0 Å². The number of benzene rings is 1. The molecule has 1 N–H and O–H groups in total. The van der Waals surface area contributed by atoms with Gasteiger partial charge in [-0.25, -0.2) is 15.0 Å². The minimum Gasteiger partial charge on any atom is -0.344 e. The Labute approximate surface area is 152 Å². The molecule has 2 aromatic heterocycles. The zero-order chi connectivity index (χ0) is 16.4. The summed E-state index contributed by atoms with van der Waals surface area (Å²) in [4.78, 5) is 16.8. The topological polar surface area (TPSA) is 54.5 Å². The molecule has 0 amide bonds. The average Bonchev–Trinajstić information content (AvgIpc) is 3.10. The molecular weight excluding hydrogens is 371 g/mol. The van der Waals surface area contributed by atoms with Gasteiger partial charge in [-0.15, -0.1) is 11.8 Å². The van der Waals surface area contributed by atoms with Gasteiger partial charge in [-0.05, 0) is 24.6 Å². The number of hydrogen-bond acceptors (Lipinski definition) is 5. The van der Waals surface area contributed by atoms with Gasteiger partial charge in [0.15, 0.2) is 5.16 Å². The monoisotopic (exact) mass is 382 g/mol. The molecule has 2 heterocycles. The fourth-order valence-electron chi connectivity index (χ4n) is 2.13.